The number of benzene rings is 1. The van der Waals surface area contributed by atoms with Gasteiger partial charge in [0.15, 0.2) is 11.7 Å². The lowest BCUT2D eigenvalue weighted by Gasteiger charge is -2.36. The summed E-state index contributed by atoms with van der Waals surface area (Å²) < 4.78 is 5.04. The van der Waals surface area contributed by atoms with Crippen LogP contribution in [0.4, 0.5) is 11.6 Å². The molecule has 156 valence electrons. The average molecular weight is 513 g/mol. The van der Waals surface area contributed by atoms with E-state index in [4.69, 9.17) is 4.74 Å². The molecule has 1 aromatic heterocycles. The van der Waals surface area contributed by atoms with Gasteiger partial charge in [0.25, 0.3) is 0 Å². The molecule has 0 atom stereocenters. The lowest BCUT2D eigenvalue weighted by atomic mass is 10.2. The van der Waals surface area contributed by atoms with Crippen molar-refractivity contribution in [2.45, 2.75) is 6.54 Å². The summed E-state index contributed by atoms with van der Waals surface area (Å²) in [6.45, 7) is 3.57. The first kappa shape index (κ1) is 22.6. The summed E-state index contributed by atoms with van der Waals surface area (Å²) in [4.78, 5) is 27.9. The van der Waals surface area contributed by atoms with Gasteiger partial charge in [0, 0.05) is 58.2 Å². The minimum atomic E-state index is -0.442. The lowest BCUT2D eigenvalue weighted by molar-refractivity contribution is -0.385. The van der Waals surface area contributed by atoms with Crippen LogP contribution in [0.2, 0.25) is 0 Å². The SMILES string of the molecule is CN=C(NCc1ccc(OC)c([N+](=O)[O-])c1)N1CCN(c2ncccn2)CC1.I. The number of anilines is 1. The number of aliphatic imine (C=N–C) groups is 1. The van der Waals surface area contributed by atoms with Gasteiger partial charge in [-0.3, -0.25) is 15.1 Å². The van der Waals surface area contributed by atoms with Crippen LogP contribution in [0.25, 0.3) is 0 Å². The third kappa shape index (κ3) is 5.65. The van der Waals surface area contributed by atoms with Crippen molar-refractivity contribution in [1.82, 2.24) is 20.2 Å². The molecule has 0 aliphatic carbocycles. The van der Waals surface area contributed by atoms with Gasteiger partial charge in [0.2, 0.25) is 5.95 Å². The Morgan fingerprint density at radius 1 is 1.28 bits per heavy atom. The number of nitrogens with zero attached hydrogens (tertiary/aromatic N) is 6. The smallest absolute Gasteiger partial charge is 0.311 e. The van der Waals surface area contributed by atoms with Crippen molar-refractivity contribution < 1.29 is 9.66 Å². The van der Waals surface area contributed by atoms with Gasteiger partial charge in [0.05, 0.1) is 12.0 Å². The van der Waals surface area contributed by atoms with Gasteiger partial charge in [-0.2, -0.15) is 0 Å². The maximum absolute atomic E-state index is 11.2. The molecule has 2 aromatic rings. The van der Waals surface area contributed by atoms with Gasteiger partial charge >= 0.3 is 5.69 Å². The van der Waals surface area contributed by atoms with E-state index in [-0.39, 0.29) is 35.4 Å². The molecule has 1 aromatic carbocycles. The van der Waals surface area contributed by atoms with E-state index >= 15 is 0 Å². The predicted molar refractivity (Wildman–Crippen MR) is 121 cm³/mol. The van der Waals surface area contributed by atoms with Crippen molar-refractivity contribution in [3.63, 3.8) is 0 Å². The Labute approximate surface area is 186 Å². The molecule has 1 saturated heterocycles. The first-order valence-corrected chi connectivity index (χ1v) is 8.91. The third-order valence-corrected chi connectivity index (χ3v) is 4.52. The Balaban J connectivity index is 0.00000300. The predicted octanol–water partition coefficient (Wildman–Crippen LogP) is 1.91. The number of hydrogen-bond donors (Lipinski definition) is 1. The average Bonchev–Trinajstić information content (AvgIpc) is 2.75. The highest BCUT2D eigenvalue weighted by Crippen LogP contribution is 2.27. The van der Waals surface area contributed by atoms with Crippen LogP contribution in [-0.4, -0.2) is 66.1 Å². The van der Waals surface area contributed by atoms with E-state index in [1.54, 1.807) is 37.6 Å². The zero-order valence-corrected chi connectivity index (χ0v) is 18.6. The van der Waals surface area contributed by atoms with Crippen molar-refractivity contribution >= 4 is 41.6 Å². The Bertz CT molecular complexity index is 843. The molecule has 29 heavy (non-hydrogen) atoms. The van der Waals surface area contributed by atoms with Crippen LogP contribution in [-0.2, 0) is 6.54 Å². The second-order valence-corrected chi connectivity index (χ2v) is 6.19. The van der Waals surface area contributed by atoms with Crippen molar-refractivity contribution in [3.8, 4) is 5.75 Å². The number of nitro benzene ring substituents is 1. The molecular formula is C18H24IN7O3. The second-order valence-electron chi connectivity index (χ2n) is 6.19. The fourth-order valence-electron chi connectivity index (χ4n) is 3.07. The zero-order chi connectivity index (χ0) is 19.9. The van der Waals surface area contributed by atoms with E-state index < -0.39 is 4.92 Å². The number of methoxy groups -OCH3 is 1. The Morgan fingerprint density at radius 2 is 1.97 bits per heavy atom. The molecule has 10 nitrogen and oxygen atoms in total. The van der Waals surface area contributed by atoms with Crippen LogP contribution in [0.15, 0.2) is 41.7 Å². The van der Waals surface area contributed by atoms with E-state index in [9.17, 15) is 10.1 Å². The highest BCUT2D eigenvalue weighted by atomic mass is 127. The topological polar surface area (TPSA) is 109 Å². The molecule has 1 N–H and O–H groups in total. The number of rotatable bonds is 5. The highest BCUT2D eigenvalue weighted by molar-refractivity contribution is 14.0. The van der Waals surface area contributed by atoms with E-state index in [1.807, 2.05) is 0 Å². The van der Waals surface area contributed by atoms with E-state index in [0.29, 0.717) is 6.54 Å². The Hall–Kier alpha value is -2.70. The van der Waals surface area contributed by atoms with Crippen molar-refractivity contribution in [2.75, 3.05) is 45.2 Å². The molecule has 1 aliphatic rings. The summed E-state index contributed by atoms with van der Waals surface area (Å²) in [6, 6.07) is 6.73. The monoisotopic (exact) mass is 513 g/mol. The van der Waals surface area contributed by atoms with Gasteiger partial charge in [-0.05, 0) is 17.7 Å². The molecule has 1 fully saturated rings. The van der Waals surface area contributed by atoms with Crippen LogP contribution in [0.5, 0.6) is 5.75 Å². The number of halogens is 1. The van der Waals surface area contributed by atoms with E-state index in [1.165, 1.54) is 13.2 Å². The molecule has 3 rings (SSSR count). The summed E-state index contributed by atoms with van der Waals surface area (Å²) in [7, 11) is 3.15. The molecule has 0 bridgehead atoms. The summed E-state index contributed by atoms with van der Waals surface area (Å²) >= 11 is 0. The molecule has 11 heteroatoms. The second kappa shape index (κ2) is 10.7. The van der Waals surface area contributed by atoms with Crippen LogP contribution in [0.3, 0.4) is 0 Å². The van der Waals surface area contributed by atoms with Crippen molar-refractivity contribution in [2.24, 2.45) is 4.99 Å². The van der Waals surface area contributed by atoms with Crippen LogP contribution >= 0.6 is 24.0 Å². The van der Waals surface area contributed by atoms with Gasteiger partial charge < -0.3 is 19.9 Å². The number of hydrogen-bond acceptors (Lipinski definition) is 7. The van der Waals surface area contributed by atoms with Gasteiger partial charge in [-0.15, -0.1) is 24.0 Å². The summed E-state index contributed by atoms with van der Waals surface area (Å²) in [5.74, 6) is 1.74. The van der Waals surface area contributed by atoms with Crippen LogP contribution in [0, 0.1) is 10.1 Å². The Kier molecular flexibility index (Phi) is 8.36. The number of ether oxygens (including phenoxy) is 1. The number of guanidine groups is 1. The van der Waals surface area contributed by atoms with Crippen LogP contribution in [0.1, 0.15) is 5.56 Å². The first-order chi connectivity index (χ1) is 13.6. The number of nitro groups is 1. The molecule has 0 amide bonds. The fraction of sp³-hybridized carbons (Fsp3) is 0.389. The molecule has 0 radical (unpaired) electrons. The molecule has 0 spiro atoms. The quantitative estimate of drug-likeness (QED) is 0.213. The lowest BCUT2D eigenvalue weighted by Crippen LogP contribution is -2.52. The van der Waals surface area contributed by atoms with Crippen LogP contribution < -0.4 is 15.0 Å². The summed E-state index contributed by atoms with van der Waals surface area (Å²) in [5, 5.41) is 14.5. The normalized spacial score (nSPS) is 14.2. The number of aromatic nitrogens is 2. The van der Waals surface area contributed by atoms with Gasteiger partial charge in [-0.25, -0.2) is 9.97 Å². The van der Waals surface area contributed by atoms with Crippen molar-refractivity contribution in [3.05, 3.63) is 52.3 Å². The third-order valence-electron chi connectivity index (χ3n) is 4.52. The highest BCUT2D eigenvalue weighted by Gasteiger charge is 2.21. The zero-order valence-electron chi connectivity index (χ0n) is 16.3. The summed E-state index contributed by atoms with van der Waals surface area (Å²) in [5.41, 5.74) is 0.734. The minimum Gasteiger partial charge on any atom is -0.490 e. The maximum atomic E-state index is 11.2. The number of piperazine rings is 1. The standard InChI is InChI=1S/C18H23N7O3.HI/c1-19-17(22-13-14-4-5-16(28-2)15(12-14)25(26)27)23-8-10-24(11-9-23)18-20-6-3-7-21-18;/h3-7,12H,8-11,13H2,1-2H3,(H,19,22);1H. The molecule has 0 saturated carbocycles. The fourth-order valence-corrected chi connectivity index (χ4v) is 3.07. The molecule has 1 aliphatic heterocycles. The van der Waals surface area contributed by atoms with Crippen molar-refractivity contribution in [1.29, 1.82) is 0 Å². The molecular weight excluding hydrogens is 489 g/mol. The van der Waals surface area contributed by atoms with E-state index in [2.05, 4.69) is 30.1 Å². The van der Waals surface area contributed by atoms with Gasteiger partial charge in [-0.1, -0.05) is 6.07 Å². The molecule has 0 unspecified atom stereocenters. The maximum Gasteiger partial charge on any atom is 0.311 e. The minimum absolute atomic E-state index is 0. The Morgan fingerprint density at radius 3 is 2.55 bits per heavy atom. The first-order valence-electron chi connectivity index (χ1n) is 8.91. The van der Waals surface area contributed by atoms with E-state index in [0.717, 1.165) is 43.7 Å². The largest absolute Gasteiger partial charge is 0.490 e. The summed E-state index contributed by atoms with van der Waals surface area (Å²) in [6.07, 6.45) is 3.48. The van der Waals surface area contributed by atoms with Gasteiger partial charge in [0.1, 0.15) is 0 Å². The molecule has 2 heterocycles. The number of nitrogens with one attached hydrogen (secondary N) is 1.